The van der Waals surface area contributed by atoms with Crippen molar-refractivity contribution < 1.29 is 27.4 Å². The molecule has 9 nitrogen and oxygen atoms in total. The number of rotatable bonds is 10. The Morgan fingerprint density at radius 3 is 2.59 bits per heavy atom. The average molecular weight is 401 g/mol. The predicted octanol–water partition coefficient (Wildman–Crippen LogP) is 0.900. The number of primary amides is 1. The Hall–Kier alpha value is -2.04. The number of fused-ring (bicyclic) bond motifs is 1. The number of hydrogen-bond acceptors (Lipinski definition) is 7. The van der Waals surface area contributed by atoms with Gasteiger partial charge in [-0.25, -0.2) is 8.42 Å². The van der Waals surface area contributed by atoms with Gasteiger partial charge in [0.15, 0.2) is 6.29 Å². The second-order valence-electron chi connectivity index (χ2n) is 6.18. The van der Waals surface area contributed by atoms with Gasteiger partial charge in [-0.2, -0.15) is 0 Å². The highest BCUT2D eigenvalue weighted by Crippen LogP contribution is 2.37. The Morgan fingerprint density at radius 2 is 2.04 bits per heavy atom. The Balaban J connectivity index is 2.37. The standard InChI is InChI=1S/C17H27N3O6S/c1-4-24-17(25-5-2)10-20-13(9-16(18)21)11-26-15-7-6-12(8-14(15)20)19-27(3,22)23/h6-8,13,17,19H,4-5,9-11H2,1-3H3,(H2,18,21). The first kappa shape index (κ1) is 21.3. The average Bonchev–Trinajstić information content (AvgIpc) is 2.55. The van der Waals surface area contributed by atoms with E-state index in [0.717, 1.165) is 6.26 Å². The highest BCUT2D eigenvalue weighted by atomic mass is 32.2. The molecule has 0 fully saturated rings. The molecule has 27 heavy (non-hydrogen) atoms. The molecule has 0 spiro atoms. The fourth-order valence-corrected chi connectivity index (χ4v) is 3.50. The summed E-state index contributed by atoms with van der Waals surface area (Å²) in [5.74, 6) is 0.133. The van der Waals surface area contributed by atoms with Gasteiger partial charge in [-0.05, 0) is 32.0 Å². The van der Waals surface area contributed by atoms with Gasteiger partial charge < -0.3 is 24.8 Å². The molecule has 0 aliphatic carbocycles. The highest BCUT2D eigenvalue weighted by Gasteiger charge is 2.31. The Labute approximate surface area is 159 Å². The van der Waals surface area contributed by atoms with Crippen LogP contribution in [0.25, 0.3) is 0 Å². The zero-order valence-electron chi connectivity index (χ0n) is 15.8. The van der Waals surface area contributed by atoms with Gasteiger partial charge in [0.2, 0.25) is 15.9 Å². The van der Waals surface area contributed by atoms with E-state index in [2.05, 4.69) is 4.72 Å². The van der Waals surface area contributed by atoms with Crippen LogP contribution in [0.5, 0.6) is 5.75 Å². The molecule has 1 unspecified atom stereocenters. The first-order chi connectivity index (χ1) is 12.7. The van der Waals surface area contributed by atoms with Crippen LogP contribution < -0.4 is 20.1 Å². The van der Waals surface area contributed by atoms with Gasteiger partial charge in [0.05, 0.1) is 36.6 Å². The molecule has 2 rings (SSSR count). The molecule has 152 valence electrons. The van der Waals surface area contributed by atoms with E-state index in [4.69, 9.17) is 19.9 Å². The van der Waals surface area contributed by atoms with E-state index < -0.39 is 22.2 Å². The zero-order valence-corrected chi connectivity index (χ0v) is 16.6. The third kappa shape index (κ3) is 6.26. The van der Waals surface area contributed by atoms with Crippen molar-refractivity contribution in [3.05, 3.63) is 18.2 Å². The van der Waals surface area contributed by atoms with Gasteiger partial charge in [-0.1, -0.05) is 0 Å². The molecule has 0 bridgehead atoms. The molecule has 0 saturated heterocycles. The summed E-state index contributed by atoms with van der Waals surface area (Å²) in [6, 6.07) is 4.66. The minimum Gasteiger partial charge on any atom is -0.489 e. The van der Waals surface area contributed by atoms with Crippen LogP contribution in [-0.4, -0.2) is 59.3 Å². The lowest BCUT2D eigenvalue weighted by Gasteiger charge is -2.40. The Morgan fingerprint density at radius 1 is 1.37 bits per heavy atom. The third-order valence-electron chi connectivity index (χ3n) is 3.93. The summed E-state index contributed by atoms with van der Waals surface area (Å²) >= 11 is 0. The minimum atomic E-state index is -3.43. The number of amides is 1. The second-order valence-corrected chi connectivity index (χ2v) is 7.93. The fourth-order valence-electron chi connectivity index (χ4n) is 2.95. The van der Waals surface area contributed by atoms with Crippen molar-refractivity contribution in [2.24, 2.45) is 5.73 Å². The van der Waals surface area contributed by atoms with Gasteiger partial charge in [0.25, 0.3) is 0 Å². The second kappa shape index (κ2) is 9.25. The summed E-state index contributed by atoms with van der Waals surface area (Å²) in [6.07, 6.45) is 0.665. The van der Waals surface area contributed by atoms with Crippen LogP contribution in [0.4, 0.5) is 11.4 Å². The van der Waals surface area contributed by atoms with Gasteiger partial charge in [-0.3, -0.25) is 9.52 Å². The maximum Gasteiger partial charge on any atom is 0.229 e. The summed E-state index contributed by atoms with van der Waals surface area (Å²) in [4.78, 5) is 13.4. The molecular formula is C17H27N3O6S. The van der Waals surface area contributed by atoms with Crippen LogP contribution in [-0.2, 0) is 24.3 Å². The predicted molar refractivity (Wildman–Crippen MR) is 102 cm³/mol. The molecule has 0 radical (unpaired) electrons. The summed E-state index contributed by atoms with van der Waals surface area (Å²) in [7, 11) is -3.43. The van der Waals surface area contributed by atoms with E-state index in [1.54, 1.807) is 18.2 Å². The summed E-state index contributed by atoms with van der Waals surface area (Å²) in [5.41, 5.74) is 6.43. The molecule has 1 amide bonds. The SMILES string of the molecule is CCOC(CN1c2cc(NS(C)(=O)=O)ccc2OCC1CC(N)=O)OCC. The van der Waals surface area contributed by atoms with Crippen molar-refractivity contribution in [2.75, 3.05) is 42.2 Å². The van der Waals surface area contributed by atoms with Crippen molar-refractivity contribution in [1.82, 2.24) is 0 Å². The third-order valence-corrected chi connectivity index (χ3v) is 4.54. The van der Waals surface area contributed by atoms with E-state index >= 15 is 0 Å². The lowest BCUT2D eigenvalue weighted by atomic mass is 10.1. The van der Waals surface area contributed by atoms with Crippen LogP contribution in [0.1, 0.15) is 20.3 Å². The molecule has 1 atom stereocenters. The minimum absolute atomic E-state index is 0.0914. The summed E-state index contributed by atoms with van der Waals surface area (Å²) in [6.45, 7) is 5.30. The maximum atomic E-state index is 11.6. The van der Waals surface area contributed by atoms with Crippen molar-refractivity contribution in [3.8, 4) is 5.75 Å². The number of nitrogens with two attached hydrogens (primary N) is 1. The van der Waals surface area contributed by atoms with Crippen molar-refractivity contribution in [1.29, 1.82) is 0 Å². The lowest BCUT2D eigenvalue weighted by molar-refractivity contribution is -0.131. The first-order valence-electron chi connectivity index (χ1n) is 8.76. The van der Waals surface area contributed by atoms with Crippen LogP contribution in [0, 0.1) is 0 Å². The number of ether oxygens (including phenoxy) is 3. The van der Waals surface area contributed by atoms with Crippen molar-refractivity contribution in [2.45, 2.75) is 32.6 Å². The van der Waals surface area contributed by atoms with Gasteiger partial charge in [-0.15, -0.1) is 0 Å². The zero-order chi connectivity index (χ0) is 20.0. The number of nitrogens with zero attached hydrogens (tertiary/aromatic N) is 1. The van der Waals surface area contributed by atoms with Gasteiger partial charge >= 0.3 is 0 Å². The number of benzene rings is 1. The van der Waals surface area contributed by atoms with Crippen LogP contribution >= 0.6 is 0 Å². The summed E-state index contributed by atoms with van der Waals surface area (Å²) in [5, 5.41) is 0. The van der Waals surface area contributed by atoms with Crippen molar-refractivity contribution >= 4 is 27.3 Å². The number of hydrogen-bond donors (Lipinski definition) is 2. The molecule has 0 saturated carbocycles. The maximum absolute atomic E-state index is 11.6. The van der Waals surface area contributed by atoms with Crippen LogP contribution in [0.15, 0.2) is 18.2 Å². The Bertz CT molecular complexity index is 749. The molecule has 1 aromatic carbocycles. The van der Waals surface area contributed by atoms with Crippen LogP contribution in [0.3, 0.4) is 0 Å². The van der Waals surface area contributed by atoms with Crippen LogP contribution in [0.2, 0.25) is 0 Å². The number of carbonyl (C=O) groups excluding carboxylic acids is 1. The van der Waals surface area contributed by atoms with E-state index in [1.165, 1.54) is 0 Å². The molecule has 1 heterocycles. The quantitative estimate of drug-likeness (QED) is 0.559. The molecule has 1 aliphatic rings. The van der Waals surface area contributed by atoms with E-state index in [9.17, 15) is 13.2 Å². The number of sulfonamides is 1. The topological polar surface area (TPSA) is 120 Å². The normalized spacial score (nSPS) is 16.7. The molecule has 1 aromatic rings. The number of anilines is 2. The number of nitrogens with one attached hydrogen (secondary N) is 1. The van der Waals surface area contributed by atoms with Crippen molar-refractivity contribution in [3.63, 3.8) is 0 Å². The monoisotopic (exact) mass is 401 g/mol. The first-order valence-corrected chi connectivity index (χ1v) is 10.7. The molecular weight excluding hydrogens is 374 g/mol. The molecule has 0 aromatic heterocycles. The van der Waals surface area contributed by atoms with Gasteiger partial charge in [0, 0.05) is 13.2 Å². The highest BCUT2D eigenvalue weighted by molar-refractivity contribution is 7.92. The smallest absolute Gasteiger partial charge is 0.229 e. The largest absolute Gasteiger partial charge is 0.489 e. The summed E-state index contributed by atoms with van der Waals surface area (Å²) < 4.78 is 42.6. The van der Waals surface area contributed by atoms with Gasteiger partial charge in [0.1, 0.15) is 12.4 Å². The number of carbonyl (C=O) groups is 1. The van der Waals surface area contributed by atoms with E-state index in [0.29, 0.717) is 36.9 Å². The molecule has 1 aliphatic heterocycles. The molecule has 3 N–H and O–H groups in total. The fraction of sp³-hybridized carbons (Fsp3) is 0.588. The van der Waals surface area contributed by atoms with E-state index in [-0.39, 0.29) is 19.1 Å². The molecule has 10 heteroatoms. The lowest BCUT2D eigenvalue weighted by Crippen LogP contribution is -2.49. The van der Waals surface area contributed by atoms with E-state index in [1.807, 2.05) is 18.7 Å². The Kier molecular flexibility index (Phi) is 7.28.